The van der Waals surface area contributed by atoms with E-state index in [4.69, 9.17) is 0 Å². The molecule has 1 rings (SSSR count). The Morgan fingerprint density at radius 1 is 0.857 bits per heavy atom. The molecule has 0 aliphatic carbocycles. The fourth-order valence-electron chi connectivity index (χ4n) is 0.604. The van der Waals surface area contributed by atoms with Gasteiger partial charge in [0.2, 0.25) is 0 Å². The van der Waals surface area contributed by atoms with E-state index in [1.807, 2.05) is 0 Å². The van der Waals surface area contributed by atoms with E-state index < -0.39 is 0 Å². The van der Waals surface area contributed by atoms with Crippen molar-refractivity contribution in [3.05, 3.63) is 0 Å². The summed E-state index contributed by atoms with van der Waals surface area (Å²) in [7, 11) is 0. The van der Waals surface area contributed by atoms with E-state index in [1.54, 1.807) is 0 Å². The molecular formula is C4H11N2Na. The molecule has 1 heterocycles. The molecule has 0 unspecified atom stereocenters. The van der Waals surface area contributed by atoms with Crippen LogP contribution in [0.1, 0.15) is 1.43 Å². The molecule has 0 spiro atoms. The standard InChI is InChI=1S/C4H10N2.Na.H/c1-2-6-4-3-5-1;;/h5-6H,1-4H2;;/q;+1;-1. The van der Waals surface area contributed by atoms with Crippen molar-refractivity contribution in [2.45, 2.75) is 0 Å². The number of hydrogen-bond acceptors (Lipinski definition) is 2. The molecule has 0 radical (unpaired) electrons. The van der Waals surface area contributed by atoms with E-state index in [-0.39, 0.29) is 31.0 Å². The van der Waals surface area contributed by atoms with Crippen LogP contribution in [0, 0.1) is 0 Å². The third kappa shape index (κ3) is 3.50. The van der Waals surface area contributed by atoms with Crippen molar-refractivity contribution in [3.63, 3.8) is 0 Å². The summed E-state index contributed by atoms with van der Waals surface area (Å²) >= 11 is 0. The van der Waals surface area contributed by atoms with Gasteiger partial charge in [0.25, 0.3) is 0 Å². The first kappa shape index (κ1) is 7.92. The predicted octanol–water partition coefficient (Wildman–Crippen LogP) is -3.70. The summed E-state index contributed by atoms with van der Waals surface area (Å²) in [5.74, 6) is 0. The zero-order valence-electron chi connectivity index (χ0n) is 5.83. The van der Waals surface area contributed by atoms with Gasteiger partial charge in [0.05, 0.1) is 0 Å². The molecule has 0 saturated carbocycles. The molecule has 7 heavy (non-hydrogen) atoms. The largest absolute Gasteiger partial charge is 1.00 e. The van der Waals surface area contributed by atoms with Gasteiger partial charge in [-0.05, 0) is 0 Å². The second-order valence-electron chi connectivity index (χ2n) is 1.50. The van der Waals surface area contributed by atoms with Crippen LogP contribution in [-0.4, -0.2) is 26.2 Å². The van der Waals surface area contributed by atoms with Gasteiger partial charge in [-0.15, -0.1) is 0 Å². The minimum Gasteiger partial charge on any atom is -1.00 e. The number of piperazine rings is 1. The molecule has 0 aromatic heterocycles. The summed E-state index contributed by atoms with van der Waals surface area (Å²) in [6.45, 7) is 4.56. The van der Waals surface area contributed by atoms with Gasteiger partial charge in [-0.25, -0.2) is 0 Å². The molecule has 0 aromatic carbocycles. The first-order valence-electron chi connectivity index (χ1n) is 2.41. The van der Waals surface area contributed by atoms with E-state index in [1.165, 1.54) is 0 Å². The normalized spacial score (nSPS) is 20.6. The van der Waals surface area contributed by atoms with Crippen LogP contribution in [0.3, 0.4) is 0 Å². The minimum atomic E-state index is 0. The van der Waals surface area contributed by atoms with Crippen molar-refractivity contribution in [2.75, 3.05) is 26.2 Å². The zero-order valence-corrected chi connectivity index (χ0v) is 6.83. The molecule has 2 nitrogen and oxygen atoms in total. The molecule has 0 bridgehead atoms. The Morgan fingerprint density at radius 2 is 1.14 bits per heavy atom. The fraction of sp³-hybridized carbons (Fsp3) is 1.00. The summed E-state index contributed by atoms with van der Waals surface area (Å²) in [5, 5.41) is 6.44. The molecule has 0 aromatic rings. The summed E-state index contributed by atoms with van der Waals surface area (Å²) in [6, 6.07) is 0. The van der Waals surface area contributed by atoms with Gasteiger partial charge in [-0.2, -0.15) is 0 Å². The maximum Gasteiger partial charge on any atom is 1.00 e. The monoisotopic (exact) mass is 110 g/mol. The van der Waals surface area contributed by atoms with Crippen molar-refractivity contribution < 1.29 is 31.0 Å². The summed E-state index contributed by atoms with van der Waals surface area (Å²) < 4.78 is 0. The van der Waals surface area contributed by atoms with Gasteiger partial charge in [0, 0.05) is 26.2 Å². The molecule has 38 valence electrons. The van der Waals surface area contributed by atoms with E-state index in [9.17, 15) is 0 Å². The van der Waals surface area contributed by atoms with Crippen LogP contribution in [0.15, 0.2) is 0 Å². The molecule has 3 heteroatoms. The number of hydrogen-bond donors (Lipinski definition) is 2. The second kappa shape index (κ2) is 5.06. The van der Waals surface area contributed by atoms with Crippen molar-refractivity contribution in [2.24, 2.45) is 0 Å². The van der Waals surface area contributed by atoms with Crippen molar-refractivity contribution in [1.82, 2.24) is 10.6 Å². The average Bonchev–Trinajstić information content (AvgIpc) is 1.72. The van der Waals surface area contributed by atoms with Crippen molar-refractivity contribution in [1.29, 1.82) is 0 Å². The van der Waals surface area contributed by atoms with Gasteiger partial charge in [-0.1, -0.05) is 0 Å². The summed E-state index contributed by atoms with van der Waals surface area (Å²) in [5.41, 5.74) is 0. The van der Waals surface area contributed by atoms with E-state index in [0.29, 0.717) is 0 Å². The predicted molar refractivity (Wildman–Crippen MR) is 26.9 cm³/mol. The number of rotatable bonds is 0. The van der Waals surface area contributed by atoms with Crippen LogP contribution < -0.4 is 40.2 Å². The Bertz CT molecular complexity index is 29.5. The average molecular weight is 110 g/mol. The summed E-state index contributed by atoms with van der Waals surface area (Å²) in [4.78, 5) is 0. The van der Waals surface area contributed by atoms with Crippen LogP contribution in [0.5, 0.6) is 0 Å². The van der Waals surface area contributed by atoms with E-state index >= 15 is 0 Å². The Labute approximate surface area is 67.8 Å². The second-order valence-corrected chi connectivity index (χ2v) is 1.50. The van der Waals surface area contributed by atoms with Gasteiger partial charge in [-0.3, -0.25) is 0 Å². The first-order valence-corrected chi connectivity index (χ1v) is 2.41. The van der Waals surface area contributed by atoms with Gasteiger partial charge < -0.3 is 12.1 Å². The molecule has 1 saturated heterocycles. The van der Waals surface area contributed by atoms with Crippen LogP contribution in [0.25, 0.3) is 0 Å². The number of nitrogens with one attached hydrogen (secondary N) is 2. The van der Waals surface area contributed by atoms with E-state index in [2.05, 4.69) is 10.6 Å². The smallest absolute Gasteiger partial charge is 1.00 e. The molecule has 1 aliphatic heterocycles. The fourth-order valence-corrected chi connectivity index (χ4v) is 0.604. The van der Waals surface area contributed by atoms with Crippen molar-refractivity contribution in [3.8, 4) is 0 Å². The SMILES string of the molecule is C1CNCCN1.[H-].[Na+]. The Hall–Kier alpha value is 0.920. The molecule has 1 aliphatic rings. The van der Waals surface area contributed by atoms with Crippen LogP contribution >= 0.6 is 0 Å². The topological polar surface area (TPSA) is 24.1 Å². The molecule has 0 amide bonds. The van der Waals surface area contributed by atoms with Crippen LogP contribution in [-0.2, 0) is 0 Å². The van der Waals surface area contributed by atoms with Crippen LogP contribution in [0.4, 0.5) is 0 Å². The van der Waals surface area contributed by atoms with E-state index in [0.717, 1.165) is 26.2 Å². The third-order valence-corrected chi connectivity index (χ3v) is 0.957. The molecule has 0 atom stereocenters. The molecular weight excluding hydrogens is 99.0 g/mol. The van der Waals surface area contributed by atoms with Gasteiger partial charge in [0.1, 0.15) is 0 Å². The van der Waals surface area contributed by atoms with Crippen molar-refractivity contribution >= 4 is 0 Å². The zero-order chi connectivity index (χ0) is 4.24. The maximum absolute atomic E-state index is 3.22. The Morgan fingerprint density at radius 3 is 1.29 bits per heavy atom. The van der Waals surface area contributed by atoms with Gasteiger partial charge >= 0.3 is 29.6 Å². The minimum absolute atomic E-state index is 0. The molecule has 1 fully saturated rings. The summed E-state index contributed by atoms with van der Waals surface area (Å²) in [6.07, 6.45) is 0. The quantitative estimate of drug-likeness (QED) is 0.314. The molecule has 2 N–H and O–H groups in total. The van der Waals surface area contributed by atoms with Gasteiger partial charge in [0.15, 0.2) is 0 Å². The van der Waals surface area contributed by atoms with Crippen LogP contribution in [0.2, 0.25) is 0 Å². The third-order valence-electron chi connectivity index (χ3n) is 0.957. The maximum atomic E-state index is 3.22. The Kier molecular flexibility index (Phi) is 5.73. The first-order chi connectivity index (χ1) is 3.00. The Balaban J connectivity index is 0.